The quantitative estimate of drug-likeness (QED) is 0.439. The summed E-state index contributed by atoms with van der Waals surface area (Å²) in [6, 6.07) is 0. The second kappa shape index (κ2) is 8.93. The Kier molecular flexibility index (Phi) is 6.81. The number of carboxylic acids is 1. The zero-order valence-corrected chi connectivity index (χ0v) is 21.2. The first-order valence-corrected chi connectivity index (χ1v) is 13.6. The van der Waals surface area contributed by atoms with Crippen molar-refractivity contribution in [3.8, 4) is 0 Å². The topological polar surface area (TPSA) is 94.8 Å². The molecule has 1 unspecified atom stereocenters. The molecule has 0 aromatic rings. The van der Waals surface area contributed by atoms with E-state index in [1.807, 2.05) is 6.92 Å². The first-order chi connectivity index (χ1) is 15.4. The summed E-state index contributed by atoms with van der Waals surface area (Å²) in [6.07, 6.45) is 10.3. The average Bonchev–Trinajstić information content (AvgIpc) is 3.06. The van der Waals surface area contributed by atoms with E-state index in [4.69, 9.17) is 5.11 Å². The molecule has 4 saturated carbocycles. The van der Waals surface area contributed by atoms with Gasteiger partial charge in [-0.05, 0) is 79.4 Å². The first-order valence-electron chi connectivity index (χ1n) is 13.6. The van der Waals surface area contributed by atoms with E-state index >= 15 is 0 Å². The molecule has 0 bridgehead atoms. The van der Waals surface area contributed by atoms with Gasteiger partial charge in [-0.3, -0.25) is 9.59 Å². The van der Waals surface area contributed by atoms with Crippen LogP contribution < -0.4 is 0 Å². The van der Waals surface area contributed by atoms with Crippen LogP contribution in [0.1, 0.15) is 105 Å². The van der Waals surface area contributed by atoms with Crippen LogP contribution in [0.5, 0.6) is 0 Å². The predicted molar refractivity (Wildman–Crippen MR) is 127 cm³/mol. The molecule has 0 saturated heterocycles. The lowest BCUT2D eigenvalue weighted by atomic mass is 9.43. The minimum absolute atomic E-state index is 0.0189. The third-order valence-corrected chi connectivity index (χ3v) is 11.3. The summed E-state index contributed by atoms with van der Waals surface area (Å²) < 4.78 is 0. The number of ketones is 1. The van der Waals surface area contributed by atoms with Crippen LogP contribution in [-0.2, 0) is 9.59 Å². The number of hydrogen-bond acceptors (Lipinski definition) is 4. The normalized spacial score (nSPS) is 43.8. The molecule has 4 aliphatic rings. The fourth-order valence-corrected chi connectivity index (χ4v) is 9.41. The largest absolute Gasteiger partial charge is 0.481 e. The number of fused-ring (bicyclic) bond motifs is 5. The number of rotatable bonds is 7. The molecule has 0 heterocycles. The van der Waals surface area contributed by atoms with Crippen LogP contribution in [0.3, 0.4) is 0 Å². The fraction of sp³-hybridized carbons (Fsp3) is 0.929. The first kappa shape index (κ1) is 25.2. The van der Waals surface area contributed by atoms with Gasteiger partial charge < -0.3 is 15.3 Å². The SMILES string of the molecule is CC(CCC[C@@H](C)[C@H]1CC[C@H]2[C@@H]3C(=O)C[C@@H]4CCCC(O)(O)[C@]4(C)[C@H]3CC[C@]12C)CC(=O)O. The van der Waals surface area contributed by atoms with Crippen molar-refractivity contribution in [2.24, 2.45) is 52.3 Å². The number of carboxylic acid groups (broad SMARTS) is 1. The highest BCUT2D eigenvalue weighted by atomic mass is 16.5. The number of carbonyl (C=O) groups is 2. The lowest BCUT2D eigenvalue weighted by Gasteiger charge is -2.63. The molecule has 188 valence electrons. The molecule has 0 radical (unpaired) electrons. The molecule has 3 N–H and O–H groups in total. The molecule has 4 rings (SSSR count). The van der Waals surface area contributed by atoms with Crippen LogP contribution in [0, 0.1) is 52.3 Å². The van der Waals surface area contributed by atoms with Gasteiger partial charge in [0.15, 0.2) is 5.79 Å². The number of aliphatic carboxylic acids is 1. The van der Waals surface area contributed by atoms with Gasteiger partial charge in [-0.15, -0.1) is 0 Å². The minimum Gasteiger partial charge on any atom is -0.481 e. The lowest BCUT2D eigenvalue weighted by Crippen LogP contribution is -2.65. The van der Waals surface area contributed by atoms with E-state index in [2.05, 4.69) is 20.8 Å². The standard InChI is InChI=1S/C28H46O5/c1-17(15-24(30)31)7-5-8-18(2)20-10-11-21-25-22(12-14-26(20,21)3)27(4)19(16-23(25)29)9-6-13-28(27,32)33/h17-22,25,32-33H,5-16H2,1-4H3,(H,30,31)/t17?,18-,19+,20-,21+,22+,25+,26-,27+/m1/s1. The van der Waals surface area contributed by atoms with Crippen LogP contribution in [0.2, 0.25) is 0 Å². The Morgan fingerprint density at radius 2 is 1.76 bits per heavy atom. The van der Waals surface area contributed by atoms with E-state index < -0.39 is 17.2 Å². The Bertz CT molecular complexity index is 761. The Labute approximate surface area is 199 Å². The summed E-state index contributed by atoms with van der Waals surface area (Å²) in [6.45, 7) is 8.89. The highest BCUT2D eigenvalue weighted by Gasteiger charge is 2.67. The maximum atomic E-state index is 13.5. The Hall–Kier alpha value is -0.940. The smallest absolute Gasteiger partial charge is 0.303 e. The molecule has 4 aliphatic carbocycles. The van der Waals surface area contributed by atoms with Gasteiger partial charge in [-0.2, -0.15) is 0 Å². The van der Waals surface area contributed by atoms with Gasteiger partial charge in [-0.25, -0.2) is 0 Å². The molecule has 5 nitrogen and oxygen atoms in total. The number of Topliss-reactive ketones (excluding diaryl/α,β-unsaturated/α-hetero) is 1. The summed E-state index contributed by atoms with van der Waals surface area (Å²) in [7, 11) is 0. The van der Waals surface area contributed by atoms with Crippen molar-refractivity contribution >= 4 is 11.8 Å². The maximum Gasteiger partial charge on any atom is 0.303 e. The summed E-state index contributed by atoms with van der Waals surface area (Å²) in [5.74, 6) is -0.0652. The van der Waals surface area contributed by atoms with Crippen LogP contribution in [0.25, 0.3) is 0 Å². The molecular weight excluding hydrogens is 416 g/mol. The van der Waals surface area contributed by atoms with E-state index in [0.717, 1.165) is 57.8 Å². The lowest BCUT2D eigenvalue weighted by molar-refractivity contribution is -0.307. The van der Waals surface area contributed by atoms with E-state index in [-0.39, 0.29) is 35.5 Å². The second-order valence-corrected chi connectivity index (χ2v) is 12.9. The van der Waals surface area contributed by atoms with Crippen LogP contribution in [0.15, 0.2) is 0 Å². The van der Waals surface area contributed by atoms with Crippen LogP contribution >= 0.6 is 0 Å². The molecule has 0 aliphatic heterocycles. The van der Waals surface area contributed by atoms with Gasteiger partial charge in [0.1, 0.15) is 5.78 Å². The van der Waals surface area contributed by atoms with E-state index in [9.17, 15) is 19.8 Å². The van der Waals surface area contributed by atoms with Gasteiger partial charge in [0.25, 0.3) is 0 Å². The zero-order chi connectivity index (χ0) is 24.2. The molecule has 0 amide bonds. The van der Waals surface area contributed by atoms with Crippen LogP contribution in [0.4, 0.5) is 0 Å². The third-order valence-electron chi connectivity index (χ3n) is 11.3. The van der Waals surface area contributed by atoms with E-state index in [1.165, 1.54) is 0 Å². The van der Waals surface area contributed by atoms with E-state index in [1.54, 1.807) is 0 Å². The highest BCUT2D eigenvalue weighted by molar-refractivity contribution is 5.83. The molecule has 33 heavy (non-hydrogen) atoms. The van der Waals surface area contributed by atoms with Crippen molar-refractivity contribution in [2.75, 3.05) is 0 Å². The molecule has 9 atom stereocenters. The van der Waals surface area contributed by atoms with Crippen molar-refractivity contribution in [1.29, 1.82) is 0 Å². The molecular formula is C28H46O5. The van der Waals surface area contributed by atoms with E-state index in [0.29, 0.717) is 36.4 Å². The number of carbonyl (C=O) groups excluding carboxylic acids is 1. The average molecular weight is 463 g/mol. The molecule has 4 fully saturated rings. The second-order valence-electron chi connectivity index (χ2n) is 12.9. The van der Waals surface area contributed by atoms with Crippen LogP contribution in [-0.4, -0.2) is 32.9 Å². The maximum absolute atomic E-state index is 13.5. The fourth-order valence-electron chi connectivity index (χ4n) is 9.41. The Balaban J connectivity index is 1.47. The monoisotopic (exact) mass is 462 g/mol. The zero-order valence-electron chi connectivity index (χ0n) is 21.2. The van der Waals surface area contributed by atoms with Gasteiger partial charge in [0, 0.05) is 30.6 Å². The summed E-state index contributed by atoms with van der Waals surface area (Å²) in [4.78, 5) is 24.5. The molecule has 0 spiro atoms. The van der Waals surface area contributed by atoms with Gasteiger partial charge in [-0.1, -0.05) is 47.0 Å². The third kappa shape index (κ3) is 4.09. The summed E-state index contributed by atoms with van der Waals surface area (Å²) in [5.41, 5.74) is -0.427. The van der Waals surface area contributed by atoms with Gasteiger partial charge in [0.05, 0.1) is 0 Å². The molecule has 5 heteroatoms. The highest BCUT2D eigenvalue weighted by Crippen LogP contribution is 2.68. The Morgan fingerprint density at radius 3 is 2.45 bits per heavy atom. The summed E-state index contributed by atoms with van der Waals surface area (Å²) >= 11 is 0. The van der Waals surface area contributed by atoms with Crippen molar-refractivity contribution in [2.45, 2.75) is 111 Å². The van der Waals surface area contributed by atoms with Crippen molar-refractivity contribution in [3.05, 3.63) is 0 Å². The Morgan fingerprint density at radius 1 is 1.03 bits per heavy atom. The summed E-state index contributed by atoms with van der Waals surface area (Å²) in [5, 5.41) is 31.2. The molecule has 0 aromatic carbocycles. The van der Waals surface area contributed by atoms with Crippen molar-refractivity contribution < 1.29 is 24.9 Å². The predicted octanol–water partition coefficient (Wildman–Crippen LogP) is 5.42. The molecule has 0 aromatic heterocycles. The minimum atomic E-state index is -1.66. The van der Waals surface area contributed by atoms with Gasteiger partial charge >= 0.3 is 5.97 Å². The number of hydrogen-bond donors (Lipinski definition) is 3. The van der Waals surface area contributed by atoms with Gasteiger partial charge in [0.2, 0.25) is 0 Å². The van der Waals surface area contributed by atoms with Crippen molar-refractivity contribution in [1.82, 2.24) is 0 Å². The van der Waals surface area contributed by atoms with Crippen molar-refractivity contribution in [3.63, 3.8) is 0 Å². The number of aliphatic hydroxyl groups is 2.